The van der Waals surface area contributed by atoms with E-state index in [2.05, 4.69) is 43.1 Å². The molecule has 0 atom stereocenters. The Labute approximate surface area is 127 Å². The normalized spacial score (nSPS) is 12.1. The highest BCUT2D eigenvalue weighted by atomic mass is 15.3. The topological polar surface area (TPSA) is 61.7 Å². The zero-order valence-corrected chi connectivity index (χ0v) is 13.8. The second-order valence-electron chi connectivity index (χ2n) is 6.28. The molecule has 0 spiro atoms. The van der Waals surface area contributed by atoms with Crippen molar-refractivity contribution in [3.8, 4) is 0 Å². The Hall–Kier alpha value is -1.62. The third kappa shape index (κ3) is 3.73. The molecule has 5 nitrogen and oxygen atoms in total. The lowest BCUT2D eigenvalue weighted by Crippen LogP contribution is -2.48. The molecule has 2 heterocycles. The minimum absolute atomic E-state index is 0.332. The van der Waals surface area contributed by atoms with E-state index in [4.69, 9.17) is 5.73 Å². The molecular formula is C16H27N5. The molecular weight excluding hydrogens is 262 g/mol. The summed E-state index contributed by atoms with van der Waals surface area (Å²) in [6.07, 6.45) is 2.00. The quantitative estimate of drug-likeness (QED) is 0.889. The highest BCUT2D eigenvalue weighted by Gasteiger charge is 2.27. The van der Waals surface area contributed by atoms with Crippen LogP contribution in [-0.2, 0) is 13.1 Å². The smallest absolute Gasteiger partial charge is 0.0610 e. The van der Waals surface area contributed by atoms with Crippen LogP contribution in [0.15, 0.2) is 12.1 Å². The Morgan fingerprint density at radius 1 is 0.952 bits per heavy atom. The van der Waals surface area contributed by atoms with Crippen molar-refractivity contribution >= 4 is 0 Å². The molecule has 0 fully saturated rings. The summed E-state index contributed by atoms with van der Waals surface area (Å²) in [5, 5.41) is 9.11. The van der Waals surface area contributed by atoms with Gasteiger partial charge >= 0.3 is 0 Å². The zero-order valence-electron chi connectivity index (χ0n) is 13.8. The van der Waals surface area contributed by atoms with Crippen molar-refractivity contribution in [2.24, 2.45) is 5.73 Å². The van der Waals surface area contributed by atoms with E-state index in [0.29, 0.717) is 0 Å². The van der Waals surface area contributed by atoms with Crippen molar-refractivity contribution in [3.63, 3.8) is 0 Å². The van der Waals surface area contributed by atoms with Gasteiger partial charge in [0.25, 0.3) is 0 Å². The molecule has 116 valence electrons. The number of aromatic nitrogens is 4. The molecule has 0 saturated carbocycles. The molecule has 0 radical (unpaired) electrons. The fourth-order valence-corrected chi connectivity index (χ4v) is 2.97. The third-order valence-corrected chi connectivity index (χ3v) is 3.88. The number of rotatable bonds is 6. The fraction of sp³-hybridized carbons (Fsp3) is 0.625. The summed E-state index contributed by atoms with van der Waals surface area (Å²) in [5.74, 6) is 0. The van der Waals surface area contributed by atoms with Gasteiger partial charge in [0.2, 0.25) is 0 Å². The van der Waals surface area contributed by atoms with Gasteiger partial charge in [-0.2, -0.15) is 10.2 Å². The van der Waals surface area contributed by atoms with Crippen LogP contribution < -0.4 is 5.73 Å². The molecule has 0 amide bonds. The summed E-state index contributed by atoms with van der Waals surface area (Å²) in [6, 6.07) is 4.19. The number of nitrogens with zero attached hydrogens (tertiary/aromatic N) is 4. The second kappa shape index (κ2) is 6.02. The van der Waals surface area contributed by atoms with E-state index in [1.54, 1.807) is 0 Å². The summed E-state index contributed by atoms with van der Waals surface area (Å²) < 4.78 is 4.05. The Balaban J connectivity index is 2.23. The SMILES string of the molecule is CCCC(N)(Cn1nc(C)cc1C)Cn1nc(C)cc1C. The molecule has 0 bridgehead atoms. The summed E-state index contributed by atoms with van der Waals surface area (Å²) in [6.45, 7) is 11.8. The van der Waals surface area contributed by atoms with E-state index < -0.39 is 0 Å². The van der Waals surface area contributed by atoms with Gasteiger partial charge in [-0.15, -0.1) is 0 Å². The van der Waals surface area contributed by atoms with E-state index in [0.717, 1.165) is 48.7 Å². The van der Waals surface area contributed by atoms with Crippen LogP contribution in [0.2, 0.25) is 0 Å². The van der Waals surface area contributed by atoms with Crippen LogP contribution >= 0.6 is 0 Å². The first-order valence-electron chi connectivity index (χ1n) is 7.64. The van der Waals surface area contributed by atoms with Crippen LogP contribution in [0, 0.1) is 27.7 Å². The Kier molecular flexibility index (Phi) is 4.52. The highest BCUT2D eigenvalue weighted by molar-refractivity contribution is 5.09. The van der Waals surface area contributed by atoms with E-state index in [-0.39, 0.29) is 5.54 Å². The van der Waals surface area contributed by atoms with Crippen molar-refractivity contribution in [2.45, 2.75) is 66.1 Å². The molecule has 2 N–H and O–H groups in total. The molecule has 5 heteroatoms. The molecule has 0 saturated heterocycles. The first-order valence-corrected chi connectivity index (χ1v) is 7.64. The Morgan fingerprint density at radius 2 is 1.38 bits per heavy atom. The van der Waals surface area contributed by atoms with Crippen molar-refractivity contribution in [1.82, 2.24) is 19.6 Å². The van der Waals surface area contributed by atoms with E-state index in [1.165, 1.54) is 0 Å². The van der Waals surface area contributed by atoms with Crippen LogP contribution in [0.5, 0.6) is 0 Å². The van der Waals surface area contributed by atoms with Gasteiger partial charge < -0.3 is 5.73 Å². The van der Waals surface area contributed by atoms with Gasteiger partial charge in [0.15, 0.2) is 0 Å². The molecule has 0 aliphatic rings. The van der Waals surface area contributed by atoms with Crippen molar-refractivity contribution in [2.75, 3.05) is 0 Å². The summed E-state index contributed by atoms with van der Waals surface area (Å²) in [5.41, 5.74) is 10.8. The first-order chi connectivity index (χ1) is 9.83. The lowest BCUT2D eigenvalue weighted by Gasteiger charge is -2.30. The van der Waals surface area contributed by atoms with Gasteiger partial charge in [0.1, 0.15) is 0 Å². The van der Waals surface area contributed by atoms with Gasteiger partial charge in [-0.05, 0) is 46.2 Å². The monoisotopic (exact) mass is 289 g/mol. The second-order valence-corrected chi connectivity index (χ2v) is 6.28. The molecule has 2 rings (SSSR count). The Morgan fingerprint density at radius 3 is 1.67 bits per heavy atom. The van der Waals surface area contributed by atoms with Crippen molar-refractivity contribution < 1.29 is 0 Å². The molecule has 0 aliphatic carbocycles. The average molecular weight is 289 g/mol. The molecule has 0 unspecified atom stereocenters. The predicted molar refractivity (Wildman–Crippen MR) is 85.2 cm³/mol. The van der Waals surface area contributed by atoms with Crippen LogP contribution in [0.1, 0.15) is 42.5 Å². The number of hydrogen-bond acceptors (Lipinski definition) is 3. The lowest BCUT2D eigenvalue weighted by molar-refractivity contribution is 0.265. The first kappa shape index (κ1) is 15.8. The number of nitrogens with two attached hydrogens (primary N) is 1. The van der Waals surface area contributed by atoms with Gasteiger partial charge in [0, 0.05) is 11.4 Å². The average Bonchev–Trinajstić information content (AvgIpc) is 2.82. The van der Waals surface area contributed by atoms with Crippen molar-refractivity contribution in [1.29, 1.82) is 0 Å². The van der Waals surface area contributed by atoms with E-state index in [1.807, 2.05) is 23.2 Å². The molecule has 21 heavy (non-hydrogen) atoms. The fourth-order valence-electron chi connectivity index (χ4n) is 2.97. The van der Waals surface area contributed by atoms with Gasteiger partial charge in [-0.25, -0.2) is 0 Å². The zero-order chi connectivity index (χ0) is 15.6. The minimum Gasteiger partial charge on any atom is -0.322 e. The van der Waals surface area contributed by atoms with Gasteiger partial charge in [-0.3, -0.25) is 9.36 Å². The highest BCUT2D eigenvalue weighted by Crippen LogP contribution is 2.18. The summed E-state index contributed by atoms with van der Waals surface area (Å²) in [4.78, 5) is 0. The maximum absolute atomic E-state index is 6.71. The lowest BCUT2D eigenvalue weighted by atomic mass is 9.94. The molecule has 2 aromatic heterocycles. The van der Waals surface area contributed by atoms with Crippen LogP contribution in [0.25, 0.3) is 0 Å². The van der Waals surface area contributed by atoms with Crippen LogP contribution in [0.4, 0.5) is 0 Å². The minimum atomic E-state index is -0.332. The summed E-state index contributed by atoms with van der Waals surface area (Å²) >= 11 is 0. The summed E-state index contributed by atoms with van der Waals surface area (Å²) in [7, 11) is 0. The van der Waals surface area contributed by atoms with Crippen LogP contribution in [0.3, 0.4) is 0 Å². The third-order valence-electron chi connectivity index (χ3n) is 3.88. The maximum Gasteiger partial charge on any atom is 0.0610 e. The predicted octanol–water partition coefficient (Wildman–Crippen LogP) is 2.51. The van der Waals surface area contributed by atoms with Crippen LogP contribution in [-0.4, -0.2) is 25.1 Å². The molecule has 0 aromatic carbocycles. The number of hydrogen-bond donors (Lipinski definition) is 1. The van der Waals surface area contributed by atoms with E-state index >= 15 is 0 Å². The maximum atomic E-state index is 6.71. The van der Waals surface area contributed by atoms with Gasteiger partial charge in [-0.1, -0.05) is 13.3 Å². The largest absolute Gasteiger partial charge is 0.322 e. The molecule has 2 aromatic rings. The number of aryl methyl sites for hydroxylation is 4. The molecule has 0 aliphatic heterocycles. The standard InChI is InChI=1S/C16H27N5/c1-6-7-16(17,10-20-14(4)8-12(2)18-20)11-21-15(5)9-13(3)19-21/h8-9H,6-7,10-11,17H2,1-5H3. The van der Waals surface area contributed by atoms with E-state index in [9.17, 15) is 0 Å². The van der Waals surface area contributed by atoms with Gasteiger partial charge in [0.05, 0.1) is 30.0 Å². The van der Waals surface area contributed by atoms with Crippen molar-refractivity contribution in [3.05, 3.63) is 34.9 Å². The Bertz CT molecular complexity index is 560.